The minimum Gasteiger partial charge on any atom is -0.461 e. The number of aromatic nitrogens is 4. The van der Waals surface area contributed by atoms with Crippen molar-refractivity contribution in [2.24, 2.45) is 13.0 Å². The second kappa shape index (κ2) is 8.87. The predicted molar refractivity (Wildman–Crippen MR) is 147 cm³/mol. The van der Waals surface area contributed by atoms with Crippen LogP contribution in [0.3, 0.4) is 0 Å². The van der Waals surface area contributed by atoms with Crippen molar-refractivity contribution in [3.63, 3.8) is 0 Å². The molecule has 0 saturated heterocycles. The number of fused-ring (bicyclic) bond motifs is 1. The molecular weight excluding hydrogens is 474 g/mol. The zero-order valence-electron chi connectivity index (χ0n) is 22.4. The molecule has 1 N–H and O–H groups in total. The minimum absolute atomic E-state index is 0.0117. The van der Waals surface area contributed by atoms with Gasteiger partial charge >= 0.3 is 0 Å². The van der Waals surface area contributed by atoms with E-state index >= 15 is 0 Å². The Bertz CT molecular complexity index is 1570. The van der Waals surface area contributed by atoms with Crippen molar-refractivity contribution < 1.29 is 4.42 Å². The first kappa shape index (κ1) is 23.8. The minimum atomic E-state index is 0.0117. The Labute approximate surface area is 222 Å². The van der Waals surface area contributed by atoms with Crippen LogP contribution in [0.2, 0.25) is 0 Å². The van der Waals surface area contributed by atoms with Crippen LogP contribution < -0.4 is 10.7 Å². The van der Waals surface area contributed by atoms with Crippen molar-refractivity contribution in [1.29, 1.82) is 0 Å². The number of nitrogens with zero attached hydrogens (tertiary/aromatic N) is 4. The third-order valence-electron chi connectivity index (χ3n) is 8.91. The van der Waals surface area contributed by atoms with Gasteiger partial charge in [0.1, 0.15) is 18.4 Å². The van der Waals surface area contributed by atoms with E-state index in [1.54, 1.807) is 12.6 Å². The third kappa shape index (κ3) is 4.17. The molecule has 3 aliphatic rings. The number of benzene rings is 1. The highest BCUT2D eigenvalue weighted by Gasteiger charge is 2.37. The van der Waals surface area contributed by atoms with Crippen LogP contribution in [0.25, 0.3) is 22.1 Å². The summed E-state index contributed by atoms with van der Waals surface area (Å²) in [5.41, 5.74) is 5.34. The first-order valence-corrected chi connectivity index (χ1v) is 14.1. The summed E-state index contributed by atoms with van der Waals surface area (Å²) in [6.45, 7) is 4.44. The highest BCUT2D eigenvalue weighted by atomic mass is 16.3. The van der Waals surface area contributed by atoms with Crippen molar-refractivity contribution in [3.05, 3.63) is 75.9 Å². The van der Waals surface area contributed by atoms with Crippen LogP contribution in [-0.4, -0.2) is 25.3 Å². The fourth-order valence-electron chi connectivity index (χ4n) is 6.22. The number of aryl methyl sites for hydroxylation is 1. The average molecular weight is 510 g/mol. The fraction of sp³-hybridized carbons (Fsp3) is 0.484. The Morgan fingerprint density at radius 3 is 2.63 bits per heavy atom. The lowest BCUT2D eigenvalue weighted by Gasteiger charge is -2.41. The van der Waals surface area contributed by atoms with Gasteiger partial charge in [0, 0.05) is 30.5 Å². The van der Waals surface area contributed by atoms with Gasteiger partial charge < -0.3 is 14.3 Å². The van der Waals surface area contributed by atoms with Crippen LogP contribution in [-0.2, 0) is 7.05 Å². The molecule has 0 bridgehead atoms. The van der Waals surface area contributed by atoms with Gasteiger partial charge in [-0.15, -0.1) is 10.2 Å². The fourth-order valence-corrected chi connectivity index (χ4v) is 6.22. The van der Waals surface area contributed by atoms with E-state index in [4.69, 9.17) is 9.40 Å². The number of hydrogen-bond donors (Lipinski definition) is 1. The van der Waals surface area contributed by atoms with Crippen LogP contribution in [0.1, 0.15) is 99.4 Å². The lowest BCUT2D eigenvalue weighted by molar-refractivity contribution is 0.188. The molecule has 0 radical (unpaired) electrons. The molecule has 1 aromatic carbocycles. The Kier molecular flexibility index (Phi) is 5.55. The lowest BCUT2D eigenvalue weighted by Crippen LogP contribution is -2.49. The van der Waals surface area contributed by atoms with Crippen LogP contribution in [0.5, 0.6) is 0 Å². The van der Waals surface area contributed by atoms with E-state index in [1.165, 1.54) is 37.7 Å². The summed E-state index contributed by atoms with van der Waals surface area (Å²) in [4.78, 5) is 19.1. The maximum Gasteiger partial charge on any atom is 0.200 e. The van der Waals surface area contributed by atoms with Crippen molar-refractivity contribution in [1.82, 2.24) is 25.1 Å². The number of pyridine rings is 1. The smallest absolute Gasteiger partial charge is 0.200 e. The molecule has 7 nitrogen and oxygen atoms in total. The number of hydrogen-bond acceptors (Lipinski definition) is 6. The molecule has 0 amide bonds. The van der Waals surface area contributed by atoms with Gasteiger partial charge in [-0.3, -0.25) is 9.78 Å². The van der Waals surface area contributed by atoms with Crippen molar-refractivity contribution in [2.75, 3.05) is 0 Å². The van der Waals surface area contributed by atoms with E-state index < -0.39 is 0 Å². The maximum atomic E-state index is 14.0. The van der Waals surface area contributed by atoms with Crippen LogP contribution >= 0.6 is 0 Å². The summed E-state index contributed by atoms with van der Waals surface area (Å²) in [5.74, 6) is 2.09. The van der Waals surface area contributed by atoms with Crippen molar-refractivity contribution in [2.45, 2.75) is 82.2 Å². The Balaban J connectivity index is 1.31. The summed E-state index contributed by atoms with van der Waals surface area (Å²) < 4.78 is 8.23. The molecule has 0 spiro atoms. The quantitative estimate of drug-likeness (QED) is 0.314. The Hall–Kier alpha value is -3.32. The molecular formula is C31H35N5O2. The van der Waals surface area contributed by atoms with Gasteiger partial charge in [0.2, 0.25) is 5.43 Å². The van der Waals surface area contributed by atoms with Gasteiger partial charge in [-0.25, -0.2) is 0 Å². The van der Waals surface area contributed by atoms with E-state index in [1.807, 2.05) is 29.8 Å². The lowest BCUT2D eigenvalue weighted by atomic mass is 9.78. The molecule has 2 unspecified atom stereocenters. The van der Waals surface area contributed by atoms with E-state index in [0.29, 0.717) is 28.4 Å². The molecule has 3 aromatic heterocycles. The second-order valence-electron chi connectivity index (χ2n) is 12.1. The summed E-state index contributed by atoms with van der Waals surface area (Å²) in [7, 11) is 2.00. The summed E-state index contributed by atoms with van der Waals surface area (Å²) in [5, 5.41) is 13.0. The normalized spacial score (nSPS) is 20.3. The number of rotatable bonds is 8. The zero-order valence-corrected chi connectivity index (χ0v) is 22.4. The highest BCUT2D eigenvalue weighted by Crippen LogP contribution is 2.46. The van der Waals surface area contributed by atoms with Gasteiger partial charge in [-0.1, -0.05) is 24.3 Å². The topological polar surface area (TPSA) is 85.8 Å². The monoisotopic (exact) mass is 509 g/mol. The SMILES string of the molecule is CC(NC1(C)CCC1)c1cc2c(=O)c(-c3cccc(C(c4nncn4C)C4CC4)c3)coc2c(C2CC2)n1. The molecule has 2 atom stereocenters. The van der Waals surface area contributed by atoms with Gasteiger partial charge in [-0.05, 0) is 81.9 Å². The maximum absolute atomic E-state index is 14.0. The molecule has 4 aromatic rings. The van der Waals surface area contributed by atoms with Gasteiger partial charge in [0.15, 0.2) is 5.58 Å². The summed E-state index contributed by atoms with van der Waals surface area (Å²) >= 11 is 0. The largest absolute Gasteiger partial charge is 0.461 e. The summed E-state index contributed by atoms with van der Waals surface area (Å²) in [6, 6.07) is 10.4. The van der Waals surface area contributed by atoms with Crippen molar-refractivity contribution >= 4 is 11.0 Å². The molecule has 38 heavy (non-hydrogen) atoms. The molecule has 3 saturated carbocycles. The first-order chi connectivity index (χ1) is 18.4. The number of nitrogens with one attached hydrogen (secondary N) is 1. The van der Waals surface area contributed by atoms with Crippen LogP contribution in [0.4, 0.5) is 0 Å². The van der Waals surface area contributed by atoms with Gasteiger partial charge in [0.05, 0.1) is 22.3 Å². The molecule has 3 heterocycles. The summed E-state index contributed by atoms with van der Waals surface area (Å²) in [6.07, 6.45) is 11.6. The Morgan fingerprint density at radius 2 is 1.97 bits per heavy atom. The van der Waals surface area contributed by atoms with E-state index in [0.717, 1.165) is 35.6 Å². The molecule has 3 aliphatic carbocycles. The molecule has 7 rings (SSSR count). The third-order valence-corrected chi connectivity index (χ3v) is 8.91. The zero-order chi connectivity index (χ0) is 26.0. The Morgan fingerprint density at radius 1 is 1.16 bits per heavy atom. The second-order valence-corrected chi connectivity index (χ2v) is 12.1. The van der Waals surface area contributed by atoms with Crippen molar-refractivity contribution in [3.8, 4) is 11.1 Å². The highest BCUT2D eigenvalue weighted by molar-refractivity contribution is 5.84. The van der Waals surface area contributed by atoms with Gasteiger partial charge in [0.25, 0.3) is 0 Å². The first-order valence-electron chi connectivity index (χ1n) is 14.1. The van der Waals surface area contributed by atoms with E-state index in [9.17, 15) is 4.79 Å². The van der Waals surface area contributed by atoms with Gasteiger partial charge in [-0.2, -0.15) is 0 Å². The molecule has 0 aliphatic heterocycles. The average Bonchev–Trinajstić information content (AvgIpc) is 3.83. The van der Waals surface area contributed by atoms with Crippen LogP contribution in [0.15, 0.2) is 52.1 Å². The molecule has 196 valence electrons. The van der Waals surface area contributed by atoms with E-state index in [-0.39, 0.29) is 22.9 Å². The van der Waals surface area contributed by atoms with E-state index in [2.05, 4.69) is 41.5 Å². The predicted octanol–water partition coefficient (Wildman–Crippen LogP) is 6.00. The standard InChI is InChI=1S/C31H35N5O2/c1-18(34-31(2)12-5-13-31)25-15-23-28(37)24(16-38-29(23)27(33-25)20-10-11-20)21-6-4-7-22(14-21)26(19-8-9-19)30-35-32-17-36(30)3/h4,6-7,14-20,26,34H,5,8-13H2,1-3H3. The molecule has 7 heteroatoms. The van der Waals surface area contributed by atoms with Crippen LogP contribution in [0, 0.1) is 5.92 Å². The molecule has 3 fully saturated rings.